The number of hydrogen-bond donors (Lipinski definition) is 2. The second-order valence-corrected chi connectivity index (χ2v) is 3.30. The third-order valence-electron chi connectivity index (χ3n) is 2.43. The molecule has 1 aliphatic carbocycles. The highest BCUT2D eigenvalue weighted by Gasteiger charge is 2.34. The standard InChI is InChI=1S/C8H16N2O.2ClH/c1-10-7(11)8(9)5-3-2-4-6-8;;/h2-6,9H2,1H3,(H,10,11);2*1H. The van der Waals surface area contributed by atoms with Crippen LogP contribution in [-0.4, -0.2) is 18.5 Å². The molecule has 0 bridgehead atoms. The second-order valence-electron chi connectivity index (χ2n) is 3.30. The van der Waals surface area contributed by atoms with Crippen LogP contribution in [0.15, 0.2) is 0 Å². The molecule has 13 heavy (non-hydrogen) atoms. The van der Waals surface area contributed by atoms with Crippen LogP contribution in [-0.2, 0) is 4.79 Å². The van der Waals surface area contributed by atoms with E-state index in [1.54, 1.807) is 7.05 Å². The Morgan fingerprint density at radius 2 is 1.69 bits per heavy atom. The summed E-state index contributed by atoms with van der Waals surface area (Å²) in [4.78, 5) is 11.3. The highest BCUT2D eigenvalue weighted by Crippen LogP contribution is 2.25. The zero-order chi connectivity index (χ0) is 8.32. The molecule has 1 rings (SSSR count). The van der Waals surface area contributed by atoms with Gasteiger partial charge in [0.2, 0.25) is 5.91 Å². The van der Waals surface area contributed by atoms with E-state index in [0.717, 1.165) is 25.7 Å². The van der Waals surface area contributed by atoms with E-state index in [4.69, 9.17) is 5.73 Å². The Labute approximate surface area is 91.6 Å². The lowest BCUT2D eigenvalue weighted by atomic mass is 9.82. The Bertz CT molecular complexity index is 158. The molecule has 0 aromatic rings. The van der Waals surface area contributed by atoms with Crippen molar-refractivity contribution in [3.8, 4) is 0 Å². The molecule has 0 aliphatic heterocycles. The number of likely N-dealkylation sites (N-methyl/N-ethyl adjacent to an activating group) is 1. The van der Waals surface area contributed by atoms with Crippen molar-refractivity contribution in [3.63, 3.8) is 0 Å². The summed E-state index contributed by atoms with van der Waals surface area (Å²) in [6.07, 6.45) is 5.07. The van der Waals surface area contributed by atoms with E-state index in [1.807, 2.05) is 0 Å². The van der Waals surface area contributed by atoms with Gasteiger partial charge in [-0.3, -0.25) is 4.79 Å². The first kappa shape index (κ1) is 15.5. The van der Waals surface area contributed by atoms with Gasteiger partial charge in [0.05, 0.1) is 5.54 Å². The van der Waals surface area contributed by atoms with Gasteiger partial charge < -0.3 is 11.1 Å². The van der Waals surface area contributed by atoms with Gasteiger partial charge in [-0.05, 0) is 12.8 Å². The fourth-order valence-corrected chi connectivity index (χ4v) is 1.66. The van der Waals surface area contributed by atoms with Crippen LogP contribution in [0.3, 0.4) is 0 Å². The molecule has 0 heterocycles. The van der Waals surface area contributed by atoms with Crippen LogP contribution in [0.25, 0.3) is 0 Å². The number of amides is 1. The van der Waals surface area contributed by atoms with Crippen LogP contribution < -0.4 is 11.1 Å². The van der Waals surface area contributed by atoms with E-state index in [2.05, 4.69) is 5.32 Å². The molecule has 0 aromatic carbocycles. The summed E-state index contributed by atoms with van der Waals surface area (Å²) >= 11 is 0. The molecular weight excluding hydrogens is 211 g/mol. The predicted molar refractivity (Wildman–Crippen MR) is 58.6 cm³/mol. The molecule has 0 unspecified atom stereocenters. The molecule has 0 saturated heterocycles. The van der Waals surface area contributed by atoms with Crippen LogP contribution in [0.1, 0.15) is 32.1 Å². The number of rotatable bonds is 1. The Hall–Kier alpha value is 0.01000. The third-order valence-corrected chi connectivity index (χ3v) is 2.43. The molecule has 1 saturated carbocycles. The molecule has 0 aromatic heterocycles. The molecular formula is C8H18Cl2N2O. The Kier molecular flexibility index (Phi) is 7.69. The van der Waals surface area contributed by atoms with Crippen LogP contribution >= 0.6 is 24.8 Å². The minimum absolute atomic E-state index is 0. The van der Waals surface area contributed by atoms with Gasteiger partial charge in [-0.2, -0.15) is 0 Å². The van der Waals surface area contributed by atoms with Crippen molar-refractivity contribution in [3.05, 3.63) is 0 Å². The molecule has 3 N–H and O–H groups in total. The number of carbonyl (C=O) groups excluding carboxylic acids is 1. The molecule has 1 amide bonds. The lowest BCUT2D eigenvalue weighted by molar-refractivity contribution is -0.126. The molecule has 1 fully saturated rings. The fraction of sp³-hybridized carbons (Fsp3) is 0.875. The Balaban J connectivity index is 0. The second kappa shape index (κ2) is 6.46. The largest absolute Gasteiger partial charge is 0.358 e. The first-order valence-corrected chi connectivity index (χ1v) is 4.20. The maximum absolute atomic E-state index is 11.3. The molecule has 80 valence electrons. The van der Waals surface area contributed by atoms with Crippen molar-refractivity contribution in [2.24, 2.45) is 5.73 Å². The summed E-state index contributed by atoms with van der Waals surface area (Å²) in [5, 5.41) is 2.61. The Morgan fingerprint density at radius 1 is 1.23 bits per heavy atom. The van der Waals surface area contributed by atoms with Gasteiger partial charge in [0.1, 0.15) is 0 Å². The van der Waals surface area contributed by atoms with Crippen molar-refractivity contribution in [1.82, 2.24) is 5.32 Å². The highest BCUT2D eigenvalue weighted by molar-refractivity contribution is 5.86. The third kappa shape index (κ3) is 3.71. The molecule has 0 atom stereocenters. The predicted octanol–water partition coefficient (Wildman–Crippen LogP) is 1.24. The van der Waals surface area contributed by atoms with Gasteiger partial charge in [-0.25, -0.2) is 0 Å². The van der Waals surface area contributed by atoms with E-state index in [0.29, 0.717) is 0 Å². The number of halogens is 2. The van der Waals surface area contributed by atoms with E-state index in [-0.39, 0.29) is 30.7 Å². The number of hydrogen-bond acceptors (Lipinski definition) is 2. The SMILES string of the molecule is CNC(=O)C1(N)CCCCC1.Cl.Cl. The van der Waals surface area contributed by atoms with E-state index >= 15 is 0 Å². The van der Waals surface area contributed by atoms with Crippen molar-refractivity contribution >= 4 is 30.7 Å². The summed E-state index contributed by atoms with van der Waals surface area (Å²) in [5.74, 6) is -0.00259. The van der Waals surface area contributed by atoms with Crippen molar-refractivity contribution in [1.29, 1.82) is 0 Å². The van der Waals surface area contributed by atoms with Crippen LogP contribution in [0.2, 0.25) is 0 Å². The normalized spacial score (nSPS) is 19.2. The lowest BCUT2D eigenvalue weighted by Gasteiger charge is -2.31. The lowest BCUT2D eigenvalue weighted by Crippen LogP contribution is -2.54. The van der Waals surface area contributed by atoms with Crippen molar-refractivity contribution in [2.45, 2.75) is 37.6 Å². The number of carbonyl (C=O) groups is 1. The first-order valence-electron chi connectivity index (χ1n) is 4.20. The van der Waals surface area contributed by atoms with E-state index < -0.39 is 5.54 Å². The first-order chi connectivity index (χ1) is 5.19. The quantitative estimate of drug-likeness (QED) is 0.710. The van der Waals surface area contributed by atoms with Gasteiger partial charge in [-0.1, -0.05) is 19.3 Å². The zero-order valence-corrected chi connectivity index (χ0v) is 9.47. The summed E-state index contributed by atoms with van der Waals surface area (Å²) in [6, 6.07) is 0. The van der Waals surface area contributed by atoms with Crippen LogP contribution in [0, 0.1) is 0 Å². The average molecular weight is 229 g/mol. The van der Waals surface area contributed by atoms with E-state index in [1.165, 1.54) is 6.42 Å². The Morgan fingerprint density at radius 3 is 2.08 bits per heavy atom. The highest BCUT2D eigenvalue weighted by atomic mass is 35.5. The van der Waals surface area contributed by atoms with Gasteiger partial charge in [0.15, 0.2) is 0 Å². The maximum Gasteiger partial charge on any atom is 0.239 e. The fourth-order valence-electron chi connectivity index (χ4n) is 1.66. The molecule has 0 spiro atoms. The average Bonchev–Trinajstić information content (AvgIpc) is 2.04. The van der Waals surface area contributed by atoms with Gasteiger partial charge in [0.25, 0.3) is 0 Å². The van der Waals surface area contributed by atoms with Gasteiger partial charge >= 0.3 is 0 Å². The van der Waals surface area contributed by atoms with Crippen molar-refractivity contribution < 1.29 is 4.79 Å². The molecule has 5 heteroatoms. The maximum atomic E-state index is 11.3. The smallest absolute Gasteiger partial charge is 0.239 e. The molecule has 0 radical (unpaired) electrons. The number of nitrogens with one attached hydrogen (secondary N) is 1. The van der Waals surface area contributed by atoms with Crippen LogP contribution in [0.5, 0.6) is 0 Å². The summed E-state index contributed by atoms with van der Waals surface area (Å²) < 4.78 is 0. The number of nitrogens with two attached hydrogens (primary N) is 1. The van der Waals surface area contributed by atoms with Crippen molar-refractivity contribution in [2.75, 3.05) is 7.05 Å². The van der Waals surface area contributed by atoms with Gasteiger partial charge in [0, 0.05) is 7.05 Å². The summed E-state index contributed by atoms with van der Waals surface area (Å²) in [5.41, 5.74) is 5.34. The van der Waals surface area contributed by atoms with E-state index in [9.17, 15) is 4.79 Å². The monoisotopic (exact) mass is 228 g/mol. The summed E-state index contributed by atoms with van der Waals surface area (Å²) in [7, 11) is 1.64. The zero-order valence-electron chi connectivity index (χ0n) is 7.84. The minimum Gasteiger partial charge on any atom is -0.358 e. The molecule has 1 aliphatic rings. The minimum atomic E-state index is -0.562. The topological polar surface area (TPSA) is 55.1 Å². The summed E-state index contributed by atoms with van der Waals surface area (Å²) in [6.45, 7) is 0. The molecule has 3 nitrogen and oxygen atoms in total. The van der Waals surface area contributed by atoms with Crippen LogP contribution in [0.4, 0.5) is 0 Å². The van der Waals surface area contributed by atoms with Gasteiger partial charge in [-0.15, -0.1) is 24.8 Å².